The van der Waals surface area contributed by atoms with Gasteiger partial charge < -0.3 is 16.4 Å². The number of nitrogens with one attached hydrogen (secondary N) is 2. The van der Waals surface area contributed by atoms with E-state index in [4.69, 9.17) is 5.73 Å². The lowest BCUT2D eigenvalue weighted by atomic mass is 9.94. The summed E-state index contributed by atoms with van der Waals surface area (Å²) >= 11 is 0. The summed E-state index contributed by atoms with van der Waals surface area (Å²) in [5.74, 6) is 0.707. The van der Waals surface area contributed by atoms with Crippen LogP contribution < -0.4 is 16.4 Å². The van der Waals surface area contributed by atoms with Crippen LogP contribution in [-0.4, -0.2) is 31.4 Å². The van der Waals surface area contributed by atoms with Gasteiger partial charge in [0.1, 0.15) is 6.04 Å². The molecule has 0 aromatic heterocycles. The molecule has 124 valence electrons. The van der Waals surface area contributed by atoms with E-state index in [0.717, 1.165) is 25.7 Å². The highest BCUT2D eigenvalue weighted by molar-refractivity contribution is 5.87. The molecule has 0 bridgehead atoms. The van der Waals surface area contributed by atoms with Gasteiger partial charge in [-0.05, 0) is 37.6 Å². The van der Waals surface area contributed by atoms with Crippen LogP contribution >= 0.6 is 0 Å². The van der Waals surface area contributed by atoms with E-state index in [1.165, 1.54) is 0 Å². The number of rotatable bonds is 11. The minimum absolute atomic E-state index is 0.0395. The number of amides is 2. The molecule has 0 aliphatic carbocycles. The Kier molecular flexibility index (Phi) is 10.9. The van der Waals surface area contributed by atoms with E-state index in [9.17, 15) is 9.59 Å². The Labute approximate surface area is 129 Å². The maximum Gasteiger partial charge on any atom is 0.242 e. The van der Waals surface area contributed by atoms with Crippen molar-refractivity contribution in [3.63, 3.8) is 0 Å². The summed E-state index contributed by atoms with van der Waals surface area (Å²) in [6.07, 6.45) is 5.16. The third-order valence-electron chi connectivity index (χ3n) is 3.66. The Hall–Kier alpha value is -1.10. The van der Waals surface area contributed by atoms with Gasteiger partial charge in [-0.15, -0.1) is 0 Å². The van der Waals surface area contributed by atoms with Crippen molar-refractivity contribution in [2.45, 2.75) is 65.3 Å². The van der Waals surface area contributed by atoms with E-state index in [0.29, 0.717) is 31.2 Å². The lowest BCUT2D eigenvalue weighted by Gasteiger charge is -2.20. The van der Waals surface area contributed by atoms with Crippen LogP contribution in [0.5, 0.6) is 0 Å². The quantitative estimate of drug-likeness (QED) is 0.544. The van der Waals surface area contributed by atoms with Crippen molar-refractivity contribution in [1.82, 2.24) is 10.6 Å². The molecular formula is C16H33N3O2. The lowest BCUT2D eigenvalue weighted by Crippen LogP contribution is -2.46. The van der Waals surface area contributed by atoms with Crippen molar-refractivity contribution < 1.29 is 9.59 Å². The first kappa shape index (κ1) is 19.9. The second-order valence-corrected chi connectivity index (χ2v) is 6.13. The maximum atomic E-state index is 12.0. The Balaban J connectivity index is 4.32. The molecule has 0 spiro atoms. The van der Waals surface area contributed by atoms with Crippen molar-refractivity contribution in [2.24, 2.45) is 17.6 Å². The van der Waals surface area contributed by atoms with Gasteiger partial charge in [-0.1, -0.05) is 33.6 Å². The topological polar surface area (TPSA) is 84.2 Å². The number of hydrogen-bond donors (Lipinski definition) is 3. The Bertz CT molecular complexity index is 300. The second-order valence-electron chi connectivity index (χ2n) is 6.13. The highest BCUT2D eigenvalue weighted by Gasteiger charge is 2.21. The molecule has 5 heteroatoms. The van der Waals surface area contributed by atoms with E-state index < -0.39 is 6.04 Å². The molecule has 2 unspecified atom stereocenters. The molecule has 0 saturated carbocycles. The van der Waals surface area contributed by atoms with Crippen molar-refractivity contribution in [1.29, 1.82) is 0 Å². The van der Waals surface area contributed by atoms with E-state index in [-0.39, 0.29) is 11.8 Å². The summed E-state index contributed by atoms with van der Waals surface area (Å²) < 4.78 is 0. The van der Waals surface area contributed by atoms with Crippen LogP contribution in [0.25, 0.3) is 0 Å². The van der Waals surface area contributed by atoms with Gasteiger partial charge in [0.15, 0.2) is 0 Å². The smallest absolute Gasteiger partial charge is 0.242 e. The van der Waals surface area contributed by atoms with Crippen LogP contribution in [0, 0.1) is 11.8 Å². The molecule has 4 N–H and O–H groups in total. The third-order valence-corrected chi connectivity index (χ3v) is 3.66. The molecule has 0 aliphatic rings. The zero-order chi connectivity index (χ0) is 16.3. The first-order valence-electron chi connectivity index (χ1n) is 8.15. The summed E-state index contributed by atoms with van der Waals surface area (Å²) in [4.78, 5) is 23.8. The van der Waals surface area contributed by atoms with Crippen LogP contribution in [0.1, 0.15) is 59.3 Å². The van der Waals surface area contributed by atoms with Crippen LogP contribution in [0.3, 0.4) is 0 Å². The summed E-state index contributed by atoms with van der Waals surface area (Å²) in [5, 5.41) is 5.47. The lowest BCUT2D eigenvalue weighted by molar-refractivity contribution is -0.129. The zero-order valence-corrected chi connectivity index (χ0v) is 14.1. The van der Waals surface area contributed by atoms with Gasteiger partial charge in [-0.25, -0.2) is 0 Å². The minimum Gasteiger partial charge on any atom is -0.357 e. The van der Waals surface area contributed by atoms with Gasteiger partial charge in [0.05, 0.1) is 0 Å². The van der Waals surface area contributed by atoms with Crippen molar-refractivity contribution in [2.75, 3.05) is 13.6 Å². The predicted molar refractivity (Wildman–Crippen MR) is 86.8 cm³/mol. The Morgan fingerprint density at radius 1 is 1.14 bits per heavy atom. The Morgan fingerprint density at radius 3 is 2.29 bits per heavy atom. The van der Waals surface area contributed by atoms with Crippen molar-refractivity contribution in [3.05, 3.63) is 0 Å². The fourth-order valence-electron chi connectivity index (χ4n) is 2.56. The molecule has 5 nitrogen and oxygen atoms in total. The number of nitrogens with two attached hydrogens (primary N) is 1. The number of carbonyl (C=O) groups is 2. The first-order chi connectivity index (χ1) is 9.94. The molecule has 2 amide bonds. The van der Waals surface area contributed by atoms with Gasteiger partial charge in [0, 0.05) is 13.5 Å². The van der Waals surface area contributed by atoms with E-state index in [1.54, 1.807) is 7.05 Å². The maximum absolute atomic E-state index is 12.0. The average molecular weight is 299 g/mol. The highest BCUT2D eigenvalue weighted by atomic mass is 16.2. The molecule has 0 aromatic carbocycles. The SMILES string of the molecule is CCCC(CCN)CCC(=O)NC(CC(C)C)C(=O)NC. The largest absolute Gasteiger partial charge is 0.357 e. The predicted octanol–water partition coefficient (Wildman–Crippen LogP) is 1.81. The van der Waals surface area contributed by atoms with Crippen molar-refractivity contribution >= 4 is 11.8 Å². The van der Waals surface area contributed by atoms with Crippen LogP contribution in [0.15, 0.2) is 0 Å². The molecule has 0 saturated heterocycles. The monoisotopic (exact) mass is 299 g/mol. The molecule has 0 heterocycles. The van der Waals surface area contributed by atoms with Crippen molar-refractivity contribution in [3.8, 4) is 0 Å². The molecule has 0 aromatic rings. The van der Waals surface area contributed by atoms with E-state index in [1.807, 2.05) is 13.8 Å². The second kappa shape index (κ2) is 11.5. The fraction of sp³-hybridized carbons (Fsp3) is 0.875. The number of likely N-dealkylation sites (N-methyl/N-ethyl adjacent to an activating group) is 1. The third kappa shape index (κ3) is 9.45. The highest BCUT2D eigenvalue weighted by Crippen LogP contribution is 2.17. The van der Waals surface area contributed by atoms with Crippen LogP contribution in [-0.2, 0) is 9.59 Å². The van der Waals surface area contributed by atoms with Crippen LogP contribution in [0.2, 0.25) is 0 Å². The molecule has 0 radical (unpaired) electrons. The fourth-order valence-corrected chi connectivity index (χ4v) is 2.56. The van der Waals surface area contributed by atoms with E-state index in [2.05, 4.69) is 17.6 Å². The van der Waals surface area contributed by atoms with Gasteiger partial charge in [0.25, 0.3) is 0 Å². The zero-order valence-electron chi connectivity index (χ0n) is 14.1. The van der Waals surface area contributed by atoms with Crippen LogP contribution in [0.4, 0.5) is 0 Å². The minimum atomic E-state index is -0.429. The number of carbonyl (C=O) groups excluding carboxylic acids is 2. The molecule has 0 fully saturated rings. The van der Waals surface area contributed by atoms with E-state index >= 15 is 0 Å². The normalized spacial score (nSPS) is 13.8. The van der Waals surface area contributed by atoms with Gasteiger partial charge in [-0.3, -0.25) is 9.59 Å². The van der Waals surface area contributed by atoms with Gasteiger partial charge in [-0.2, -0.15) is 0 Å². The molecule has 21 heavy (non-hydrogen) atoms. The molecular weight excluding hydrogens is 266 g/mol. The van der Waals surface area contributed by atoms with Gasteiger partial charge >= 0.3 is 0 Å². The summed E-state index contributed by atoms with van der Waals surface area (Å²) in [6, 6.07) is -0.429. The summed E-state index contributed by atoms with van der Waals surface area (Å²) in [6.45, 7) is 6.90. The first-order valence-corrected chi connectivity index (χ1v) is 8.15. The standard InChI is InChI=1S/C16H33N3O2/c1-5-6-13(9-10-17)7-8-15(20)19-14(11-12(2)3)16(21)18-4/h12-14H,5-11,17H2,1-4H3,(H,18,21)(H,19,20). The number of hydrogen-bond acceptors (Lipinski definition) is 3. The van der Waals surface area contributed by atoms with Gasteiger partial charge in [0.2, 0.25) is 11.8 Å². The Morgan fingerprint density at radius 2 is 1.81 bits per heavy atom. The molecule has 0 aliphatic heterocycles. The summed E-state index contributed by atoms with van der Waals surface area (Å²) in [5.41, 5.74) is 5.61. The summed E-state index contributed by atoms with van der Waals surface area (Å²) in [7, 11) is 1.60. The molecule has 2 atom stereocenters. The molecule has 0 rings (SSSR count). The average Bonchev–Trinajstić information content (AvgIpc) is 2.43.